The van der Waals surface area contributed by atoms with Crippen LogP contribution in [0.2, 0.25) is 0 Å². The van der Waals surface area contributed by atoms with Gasteiger partial charge in [-0.3, -0.25) is 0 Å². The average Bonchev–Trinajstić information content (AvgIpc) is 2.52. The summed E-state index contributed by atoms with van der Waals surface area (Å²) >= 11 is 0. The van der Waals surface area contributed by atoms with Crippen LogP contribution in [0.1, 0.15) is 38.5 Å². The molecule has 9 heteroatoms. The average molecular weight is 357 g/mol. The van der Waals surface area contributed by atoms with Gasteiger partial charge in [0.1, 0.15) is 0 Å². The molecule has 0 atom stereocenters. The molecule has 0 bridgehead atoms. The van der Waals surface area contributed by atoms with Gasteiger partial charge in [-0.05, 0) is 12.3 Å². The molecule has 0 unspecified atom stereocenters. The number of hydrogen-bond acceptors (Lipinski definition) is 2. The third kappa shape index (κ3) is 3.82. The van der Waals surface area contributed by atoms with Gasteiger partial charge in [0.15, 0.2) is 28.2 Å². The summed E-state index contributed by atoms with van der Waals surface area (Å²) in [6.45, 7) is -0.119. The van der Waals surface area contributed by atoms with E-state index in [-0.39, 0.29) is 6.54 Å². The molecule has 3 nitrogen and oxygen atoms in total. The van der Waals surface area contributed by atoms with E-state index in [1.807, 2.05) is 4.72 Å². The lowest BCUT2D eigenvalue weighted by Gasteiger charge is -2.21. The van der Waals surface area contributed by atoms with Crippen molar-refractivity contribution in [2.24, 2.45) is 5.92 Å². The van der Waals surface area contributed by atoms with Crippen LogP contribution < -0.4 is 4.72 Å². The van der Waals surface area contributed by atoms with Crippen LogP contribution in [0.4, 0.5) is 22.0 Å². The first-order valence-electron chi connectivity index (χ1n) is 7.26. The first-order chi connectivity index (χ1) is 10.8. The van der Waals surface area contributed by atoms with Crippen molar-refractivity contribution >= 4 is 10.0 Å². The van der Waals surface area contributed by atoms with Gasteiger partial charge >= 0.3 is 0 Å². The fourth-order valence-electron chi connectivity index (χ4n) is 2.77. The Morgan fingerprint density at radius 3 is 1.83 bits per heavy atom. The second kappa shape index (κ2) is 7.12. The Hall–Kier alpha value is -1.22. The maximum atomic E-state index is 13.5. The SMILES string of the molecule is O=S(=O)(NCCC1CCCCC1)c1c(F)c(F)c(F)c(F)c1F. The summed E-state index contributed by atoms with van der Waals surface area (Å²) in [7, 11) is -4.83. The molecule has 1 aliphatic carbocycles. The van der Waals surface area contributed by atoms with Crippen LogP contribution in [0.25, 0.3) is 0 Å². The summed E-state index contributed by atoms with van der Waals surface area (Å²) in [5, 5.41) is 0. The molecule has 2 rings (SSSR count). The summed E-state index contributed by atoms with van der Waals surface area (Å²) in [5.74, 6) is -11.4. The van der Waals surface area contributed by atoms with E-state index in [0.29, 0.717) is 12.3 Å². The molecule has 0 heterocycles. The molecular formula is C14H16F5NO2S. The third-order valence-corrected chi connectivity index (χ3v) is 5.49. The van der Waals surface area contributed by atoms with E-state index in [1.165, 1.54) is 0 Å². The Labute approximate surface area is 130 Å². The highest BCUT2D eigenvalue weighted by Crippen LogP contribution is 2.28. The topological polar surface area (TPSA) is 46.2 Å². The lowest BCUT2D eigenvalue weighted by atomic mass is 9.87. The highest BCUT2D eigenvalue weighted by molar-refractivity contribution is 7.89. The molecule has 0 radical (unpaired) electrons. The lowest BCUT2D eigenvalue weighted by molar-refractivity contribution is 0.338. The first-order valence-corrected chi connectivity index (χ1v) is 8.75. The first kappa shape index (κ1) is 18.1. The van der Waals surface area contributed by atoms with Crippen molar-refractivity contribution in [3.63, 3.8) is 0 Å². The number of rotatable bonds is 5. The molecule has 0 saturated heterocycles. The zero-order valence-electron chi connectivity index (χ0n) is 12.1. The summed E-state index contributed by atoms with van der Waals surface area (Å²) in [5.41, 5.74) is 0. The molecule has 0 spiro atoms. The monoisotopic (exact) mass is 357 g/mol. The van der Waals surface area contributed by atoms with Gasteiger partial charge < -0.3 is 0 Å². The van der Waals surface area contributed by atoms with Crippen molar-refractivity contribution in [3.8, 4) is 0 Å². The van der Waals surface area contributed by atoms with Crippen LogP contribution in [0, 0.1) is 35.0 Å². The summed E-state index contributed by atoms with van der Waals surface area (Å²) in [6, 6.07) is 0. The van der Waals surface area contributed by atoms with Crippen LogP contribution >= 0.6 is 0 Å². The predicted octanol–water partition coefficient (Wildman–Crippen LogP) is 3.63. The van der Waals surface area contributed by atoms with Crippen LogP contribution in [0.5, 0.6) is 0 Å². The van der Waals surface area contributed by atoms with Crippen molar-refractivity contribution in [1.82, 2.24) is 4.72 Å². The Balaban J connectivity index is 2.16. The van der Waals surface area contributed by atoms with Gasteiger partial charge in [-0.2, -0.15) is 0 Å². The van der Waals surface area contributed by atoms with Crippen molar-refractivity contribution in [3.05, 3.63) is 29.1 Å². The Bertz CT molecular complexity index is 658. The van der Waals surface area contributed by atoms with E-state index in [9.17, 15) is 30.4 Å². The Morgan fingerprint density at radius 1 is 0.826 bits per heavy atom. The maximum Gasteiger partial charge on any atom is 0.246 e. The summed E-state index contributed by atoms with van der Waals surface area (Å²) in [6.07, 6.45) is 5.51. The van der Waals surface area contributed by atoms with Gasteiger partial charge in [0.25, 0.3) is 0 Å². The highest BCUT2D eigenvalue weighted by atomic mass is 32.2. The number of hydrogen-bond donors (Lipinski definition) is 1. The van der Waals surface area contributed by atoms with Gasteiger partial charge in [-0.25, -0.2) is 35.1 Å². The largest absolute Gasteiger partial charge is 0.246 e. The van der Waals surface area contributed by atoms with E-state index in [2.05, 4.69) is 0 Å². The molecule has 23 heavy (non-hydrogen) atoms. The molecule has 1 aromatic carbocycles. The molecule has 130 valence electrons. The standard InChI is InChI=1S/C14H16F5NO2S/c15-9-10(16)12(18)14(13(19)11(9)17)23(21,22)20-7-6-8-4-2-1-3-5-8/h8,20H,1-7H2. The van der Waals surface area contributed by atoms with Crippen molar-refractivity contribution in [1.29, 1.82) is 0 Å². The normalized spacial score (nSPS) is 16.7. The molecular weight excluding hydrogens is 341 g/mol. The number of halogens is 5. The van der Waals surface area contributed by atoms with E-state index in [4.69, 9.17) is 0 Å². The van der Waals surface area contributed by atoms with E-state index < -0.39 is 44.0 Å². The van der Waals surface area contributed by atoms with E-state index in [1.54, 1.807) is 0 Å². The van der Waals surface area contributed by atoms with Gasteiger partial charge in [0.05, 0.1) is 0 Å². The van der Waals surface area contributed by atoms with Crippen LogP contribution in [0.3, 0.4) is 0 Å². The molecule has 1 aromatic rings. The van der Waals surface area contributed by atoms with Gasteiger partial charge in [-0.15, -0.1) is 0 Å². The van der Waals surface area contributed by atoms with Crippen molar-refractivity contribution in [2.75, 3.05) is 6.54 Å². The van der Waals surface area contributed by atoms with Gasteiger partial charge in [0, 0.05) is 6.54 Å². The summed E-state index contributed by atoms with van der Waals surface area (Å²) < 4.78 is 91.9. The Morgan fingerprint density at radius 2 is 1.30 bits per heavy atom. The predicted molar refractivity (Wildman–Crippen MR) is 72.6 cm³/mol. The van der Waals surface area contributed by atoms with Crippen LogP contribution in [0.15, 0.2) is 4.90 Å². The maximum absolute atomic E-state index is 13.5. The molecule has 1 saturated carbocycles. The zero-order valence-corrected chi connectivity index (χ0v) is 13.0. The molecule has 1 aliphatic rings. The van der Waals surface area contributed by atoms with Gasteiger partial charge in [0.2, 0.25) is 15.8 Å². The number of benzene rings is 1. The van der Waals surface area contributed by atoms with Gasteiger partial charge in [-0.1, -0.05) is 32.1 Å². The third-order valence-electron chi connectivity index (χ3n) is 4.01. The molecule has 0 aromatic heterocycles. The number of nitrogens with one attached hydrogen (secondary N) is 1. The Kier molecular flexibility index (Phi) is 5.61. The van der Waals surface area contributed by atoms with E-state index in [0.717, 1.165) is 32.1 Å². The van der Waals surface area contributed by atoms with E-state index >= 15 is 0 Å². The van der Waals surface area contributed by atoms with Crippen molar-refractivity contribution < 1.29 is 30.4 Å². The minimum absolute atomic E-state index is 0.119. The summed E-state index contributed by atoms with van der Waals surface area (Å²) in [4.78, 5) is -1.84. The second-order valence-electron chi connectivity index (χ2n) is 5.59. The molecule has 0 amide bonds. The minimum Gasteiger partial charge on any atom is -0.211 e. The molecule has 1 N–H and O–H groups in total. The van der Waals surface area contributed by atoms with Crippen LogP contribution in [-0.4, -0.2) is 15.0 Å². The number of sulfonamides is 1. The molecule has 0 aliphatic heterocycles. The fraction of sp³-hybridized carbons (Fsp3) is 0.571. The quantitative estimate of drug-likeness (QED) is 0.497. The zero-order chi connectivity index (χ0) is 17.2. The fourth-order valence-corrected chi connectivity index (χ4v) is 3.95. The highest BCUT2D eigenvalue weighted by Gasteiger charge is 2.33. The lowest BCUT2D eigenvalue weighted by Crippen LogP contribution is -2.29. The molecule has 1 fully saturated rings. The van der Waals surface area contributed by atoms with Crippen LogP contribution in [-0.2, 0) is 10.0 Å². The second-order valence-corrected chi connectivity index (χ2v) is 7.29. The smallest absolute Gasteiger partial charge is 0.211 e. The minimum atomic E-state index is -4.83. The van der Waals surface area contributed by atoms with Crippen molar-refractivity contribution in [2.45, 2.75) is 43.4 Å².